The fraction of sp³-hybridized carbons (Fsp3) is 0.968. The van der Waals surface area contributed by atoms with Gasteiger partial charge in [-0.3, -0.25) is 4.79 Å². The molecule has 1 nitrogen and oxygen atoms in total. The highest BCUT2D eigenvalue weighted by Gasteiger charge is 2.44. The van der Waals surface area contributed by atoms with Gasteiger partial charge in [0, 0.05) is 0 Å². The van der Waals surface area contributed by atoms with Gasteiger partial charge in [0.05, 0.1) is 0 Å². The van der Waals surface area contributed by atoms with E-state index in [0.29, 0.717) is 6.42 Å². The highest BCUT2D eigenvalue weighted by atomic mass is 19.4. The first kappa shape index (κ1) is 35.4. The summed E-state index contributed by atoms with van der Waals surface area (Å²) in [5.74, 6) is -2.42. The number of carbonyl (C=O) groups excluding carboxylic acids is 1. The standard InChI is InChI=1S/C31H58F4O/c1-2-3-4-5-6-7-8-9-10-11-12-13-14-15-16-17-18-19-20-21-22-23-24-25-26-27-28-29(30(32)36)31(33,34)35/h29H,2-28H2,1H3. The number of hydrogen-bond acceptors (Lipinski definition) is 1. The largest absolute Gasteiger partial charge is 0.401 e. The maximum Gasteiger partial charge on any atom is 0.401 e. The number of rotatable bonds is 28. The molecule has 0 aliphatic rings. The van der Waals surface area contributed by atoms with E-state index in [0.717, 1.165) is 19.3 Å². The van der Waals surface area contributed by atoms with E-state index in [2.05, 4.69) is 6.92 Å². The molecule has 0 aromatic heterocycles. The molecule has 1 atom stereocenters. The Bertz CT molecular complexity index is 464. The molecule has 0 aliphatic heterocycles. The monoisotopic (exact) mass is 522 g/mol. The quantitative estimate of drug-likeness (QED) is 0.0567. The van der Waals surface area contributed by atoms with Crippen molar-refractivity contribution in [2.24, 2.45) is 5.92 Å². The summed E-state index contributed by atoms with van der Waals surface area (Å²) in [6, 6.07) is -2.25. The van der Waals surface area contributed by atoms with Gasteiger partial charge >= 0.3 is 12.2 Å². The molecule has 0 spiro atoms. The zero-order valence-corrected chi connectivity index (χ0v) is 23.6. The maximum absolute atomic E-state index is 12.5. The van der Waals surface area contributed by atoms with Gasteiger partial charge in [-0.2, -0.15) is 17.6 Å². The Labute approximate surface area is 221 Å². The van der Waals surface area contributed by atoms with Gasteiger partial charge in [0.2, 0.25) is 0 Å². The summed E-state index contributed by atoms with van der Waals surface area (Å²) >= 11 is 0. The van der Waals surface area contributed by atoms with Crippen LogP contribution in [0.5, 0.6) is 0 Å². The van der Waals surface area contributed by atoms with Gasteiger partial charge in [0.1, 0.15) is 5.92 Å². The van der Waals surface area contributed by atoms with Crippen LogP contribution >= 0.6 is 0 Å². The normalized spacial score (nSPS) is 12.8. The van der Waals surface area contributed by atoms with E-state index >= 15 is 0 Å². The molecule has 1 unspecified atom stereocenters. The Morgan fingerprint density at radius 3 is 0.889 bits per heavy atom. The van der Waals surface area contributed by atoms with Crippen LogP contribution in [0.3, 0.4) is 0 Å². The smallest absolute Gasteiger partial charge is 0.260 e. The molecule has 0 amide bonds. The zero-order valence-electron chi connectivity index (χ0n) is 23.6. The van der Waals surface area contributed by atoms with Gasteiger partial charge in [0.25, 0.3) is 0 Å². The lowest BCUT2D eigenvalue weighted by molar-refractivity contribution is -0.189. The van der Waals surface area contributed by atoms with Crippen LogP contribution in [0, 0.1) is 5.92 Å². The summed E-state index contributed by atoms with van der Waals surface area (Å²) in [7, 11) is 0. The van der Waals surface area contributed by atoms with Gasteiger partial charge in [-0.05, 0) is 6.42 Å². The number of hydrogen-bond donors (Lipinski definition) is 0. The summed E-state index contributed by atoms with van der Waals surface area (Å²) in [6.07, 6.45) is 27.7. The van der Waals surface area contributed by atoms with Crippen LogP contribution in [0.2, 0.25) is 0 Å². The second-order valence-electron chi connectivity index (χ2n) is 11.0. The van der Waals surface area contributed by atoms with Crippen molar-refractivity contribution in [2.45, 2.75) is 186 Å². The Morgan fingerprint density at radius 1 is 0.472 bits per heavy atom. The summed E-state index contributed by atoms with van der Waals surface area (Å²) < 4.78 is 50.0. The van der Waals surface area contributed by atoms with E-state index in [1.54, 1.807) is 0 Å². The second-order valence-corrected chi connectivity index (χ2v) is 11.0. The van der Waals surface area contributed by atoms with Crippen molar-refractivity contribution in [2.75, 3.05) is 0 Å². The molecular formula is C31H58F4O. The SMILES string of the molecule is CCCCCCCCCCCCCCCCCCCCCCCCCCCCC(C(=O)F)C(F)(F)F. The molecule has 0 saturated carbocycles. The Morgan fingerprint density at radius 2 is 0.694 bits per heavy atom. The molecule has 36 heavy (non-hydrogen) atoms. The lowest BCUT2D eigenvalue weighted by Crippen LogP contribution is -2.28. The molecule has 0 aliphatic carbocycles. The van der Waals surface area contributed by atoms with E-state index < -0.39 is 24.6 Å². The first-order chi connectivity index (χ1) is 17.4. The molecule has 216 valence electrons. The maximum atomic E-state index is 12.5. The molecule has 0 aromatic rings. The summed E-state index contributed by atoms with van der Waals surface area (Å²) in [5, 5.41) is 0. The molecule has 0 bridgehead atoms. The number of halogens is 4. The fourth-order valence-corrected chi connectivity index (χ4v) is 5.07. The predicted octanol–water partition coefficient (Wildman–Crippen LogP) is 12.2. The first-order valence-corrected chi connectivity index (χ1v) is 15.7. The van der Waals surface area contributed by atoms with E-state index in [9.17, 15) is 22.4 Å². The lowest BCUT2D eigenvalue weighted by Gasteiger charge is -2.14. The van der Waals surface area contributed by atoms with Crippen LogP contribution in [0.1, 0.15) is 180 Å². The minimum atomic E-state index is -4.75. The highest BCUT2D eigenvalue weighted by Crippen LogP contribution is 2.31. The van der Waals surface area contributed by atoms with Crippen molar-refractivity contribution in [1.29, 1.82) is 0 Å². The minimum absolute atomic E-state index is 0.263. The van der Waals surface area contributed by atoms with Gasteiger partial charge in [-0.25, -0.2) is 0 Å². The molecular weight excluding hydrogens is 464 g/mol. The van der Waals surface area contributed by atoms with Crippen molar-refractivity contribution < 1.29 is 22.4 Å². The third-order valence-corrected chi connectivity index (χ3v) is 7.52. The number of alkyl halides is 3. The van der Waals surface area contributed by atoms with Crippen LogP contribution in [-0.4, -0.2) is 12.2 Å². The predicted molar refractivity (Wildman–Crippen MR) is 146 cm³/mol. The van der Waals surface area contributed by atoms with Crippen molar-refractivity contribution in [3.8, 4) is 0 Å². The number of unbranched alkanes of at least 4 members (excludes halogenated alkanes) is 25. The summed E-state index contributed by atoms with van der Waals surface area (Å²) in [5.41, 5.74) is 0. The van der Waals surface area contributed by atoms with Gasteiger partial charge in [-0.15, -0.1) is 0 Å². The third-order valence-electron chi connectivity index (χ3n) is 7.52. The summed E-state index contributed by atoms with van der Waals surface area (Å²) in [6.45, 7) is 2.28. The van der Waals surface area contributed by atoms with Crippen LogP contribution in [0.15, 0.2) is 0 Å². The van der Waals surface area contributed by atoms with E-state index in [4.69, 9.17) is 0 Å². The molecule has 0 rings (SSSR count). The summed E-state index contributed by atoms with van der Waals surface area (Å²) in [4.78, 5) is 10.5. The van der Waals surface area contributed by atoms with Crippen molar-refractivity contribution in [3.63, 3.8) is 0 Å². The van der Waals surface area contributed by atoms with Crippen LogP contribution in [0.25, 0.3) is 0 Å². The fourth-order valence-electron chi connectivity index (χ4n) is 5.07. The van der Waals surface area contributed by atoms with Crippen LogP contribution in [0.4, 0.5) is 17.6 Å². The van der Waals surface area contributed by atoms with Gasteiger partial charge in [-0.1, -0.05) is 174 Å². The first-order valence-electron chi connectivity index (χ1n) is 15.7. The molecule has 0 aromatic carbocycles. The van der Waals surface area contributed by atoms with E-state index in [-0.39, 0.29) is 6.42 Å². The second kappa shape index (κ2) is 26.0. The topological polar surface area (TPSA) is 17.1 Å². The van der Waals surface area contributed by atoms with Crippen molar-refractivity contribution in [1.82, 2.24) is 0 Å². The average Bonchev–Trinajstić information content (AvgIpc) is 2.82. The molecule has 0 heterocycles. The van der Waals surface area contributed by atoms with E-state index in [1.807, 2.05) is 0 Å². The number of carbonyl (C=O) groups is 1. The zero-order chi connectivity index (χ0) is 26.7. The molecule has 0 N–H and O–H groups in total. The minimum Gasteiger partial charge on any atom is -0.260 e. The Hall–Kier alpha value is -0.610. The Balaban J connectivity index is 3.18. The molecule has 0 saturated heterocycles. The molecule has 5 heteroatoms. The molecule has 0 fully saturated rings. The van der Waals surface area contributed by atoms with E-state index in [1.165, 1.54) is 135 Å². The van der Waals surface area contributed by atoms with Gasteiger partial charge in [0.15, 0.2) is 0 Å². The molecule has 0 radical (unpaired) electrons. The average molecular weight is 523 g/mol. The van der Waals surface area contributed by atoms with Crippen LogP contribution in [-0.2, 0) is 4.79 Å². The Kier molecular flexibility index (Phi) is 25.6. The van der Waals surface area contributed by atoms with Crippen molar-refractivity contribution in [3.05, 3.63) is 0 Å². The van der Waals surface area contributed by atoms with Crippen LogP contribution < -0.4 is 0 Å². The highest BCUT2D eigenvalue weighted by molar-refractivity contribution is 5.71. The lowest BCUT2D eigenvalue weighted by atomic mass is 9.99. The van der Waals surface area contributed by atoms with Crippen molar-refractivity contribution >= 4 is 6.04 Å². The third kappa shape index (κ3) is 25.1. The van der Waals surface area contributed by atoms with Gasteiger partial charge < -0.3 is 0 Å².